The van der Waals surface area contributed by atoms with Gasteiger partial charge in [0.15, 0.2) is 6.29 Å². The van der Waals surface area contributed by atoms with Crippen LogP contribution in [0.25, 0.3) is 0 Å². The van der Waals surface area contributed by atoms with E-state index in [0.717, 1.165) is 51.4 Å². The van der Waals surface area contributed by atoms with Gasteiger partial charge >= 0.3 is 5.97 Å². The lowest BCUT2D eigenvalue weighted by atomic mass is 10.0. The van der Waals surface area contributed by atoms with E-state index in [1.54, 1.807) is 6.92 Å². The highest BCUT2D eigenvalue weighted by Crippen LogP contribution is 2.23. The van der Waals surface area contributed by atoms with Crippen molar-refractivity contribution in [3.8, 4) is 0 Å². The van der Waals surface area contributed by atoms with Crippen molar-refractivity contribution < 1.29 is 34.7 Å². The lowest BCUT2D eigenvalue weighted by molar-refractivity contribution is -0.273. The van der Waals surface area contributed by atoms with E-state index in [1.165, 1.54) is 0 Å². The zero-order valence-electron chi connectivity index (χ0n) is 16.8. The molecule has 0 bridgehead atoms. The third-order valence-electron chi connectivity index (χ3n) is 5.11. The molecular formula is C20H38O7. The summed E-state index contributed by atoms with van der Waals surface area (Å²) < 4.78 is 11.3. The third kappa shape index (κ3) is 11.0. The van der Waals surface area contributed by atoms with Crippen LogP contribution in [0.2, 0.25) is 0 Å². The lowest BCUT2D eigenvalue weighted by Gasteiger charge is -2.36. The molecule has 7 heteroatoms. The molecule has 1 heterocycles. The van der Waals surface area contributed by atoms with Crippen molar-refractivity contribution >= 4 is 5.97 Å². The predicted octanol–water partition coefficient (Wildman–Crippen LogP) is 2.59. The highest BCUT2D eigenvalue weighted by Gasteiger charge is 2.35. The van der Waals surface area contributed by atoms with Crippen LogP contribution in [-0.2, 0) is 14.3 Å². The van der Waals surface area contributed by atoms with Crippen molar-refractivity contribution in [1.82, 2.24) is 0 Å². The second kappa shape index (κ2) is 13.4. The number of unbranched alkanes of at least 4 members (excludes halogenated alkanes) is 6. The molecule has 1 rings (SSSR count). The Morgan fingerprint density at radius 1 is 1.04 bits per heavy atom. The average molecular weight is 391 g/mol. The first-order valence-corrected chi connectivity index (χ1v) is 10.4. The Kier molecular flexibility index (Phi) is 12.1. The Labute approximate surface area is 162 Å². The highest BCUT2D eigenvalue weighted by molar-refractivity contribution is 5.67. The number of carbonyl (C=O) groups is 1. The van der Waals surface area contributed by atoms with Crippen molar-refractivity contribution in [3.05, 3.63) is 0 Å². The molecule has 0 aliphatic carbocycles. The fourth-order valence-electron chi connectivity index (χ4n) is 3.36. The van der Waals surface area contributed by atoms with Gasteiger partial charge in [-0.3, -0.25) is 4.79 Å². The summed E-state index contributed by atoms with van der Waals surface area (Å²) in [6.45, 7) is 3.76. The first kappa shape index (κ1) is 24.3. The number of aliphatic hydroxyl groups is 3. The summed E-state index contributed by atoms with van der Waals surface area (Å²) in [5.41, 5.74) is 0. The molecule has 6 atom stereocenters. The quantitative estimate of drug-likeness (QED) is 0.337. The minimum Gasteiger partial charge on any atom is -0.481 e. The van der Waals surface area contributed by atoms with E-state index in [1.807, 2.05) is 6.92 Å². The Bertz CT molecular complexity index is 404. The van der Waals surface area contributed by atoms with E-state index in [9.17, 15) is 20.1 Å². The molecular weight excluding hydrogens is 352 g/mol. The zero-order chi connectivity index (χ0) is 20.2. The smallest absolute Gasteiger partial charge is 0.305 e. The number of hydrogen-bond acceptors (Lipinski definition) is 6. The van der Waals surface area contributed by atoms with Crippen LogP contribution in [0.3, 0.4) is 0 Å². The summed E-state index contributed by atoms with van der Waals surface area (Å²) in [6, 6.07) is 0. The number of aliphatic carboxylic acids is 1. The van der Waals surface area contributed by atoms with Crippen LogP contribution < -0.4 is 0 Å². The standard InChI is InChI=1S/C20H38O7/c1-14(26-20-18(23)13-17(22)15(2)27-20)10-8-6-4-3-5-7-9-11-16(21)12-19(24)25/h14-18,20-23H,3-13H2,1-2H3,(H,24,25)/t14-,15+,16-,17-,18-,20-/m1/s1. The van der Waals surface area contributed by atoms with Crippen molar-refractivity contribution in [2.24, 2.45) is 0 Å². The van der Waals surface area contributed by atoms with Crippen LogP contribution in [0.1, 0.15) is 84.5 Å². The van der Waals surface area contributed by atoms with Gasteiger partial charge in [-0.2, -0.15) is 0 Å². The molecule has 160 valence electrons. The van der Waals surface area contributed by atoms with Crippen LogP contribution >= 0.6 is 0 Å². The molecule has 0 amide bonds. The molecule has 0 aromatic heterocycles. The van der Waals surface area contributed by atoms with E-state index < -0.39 is 30.6 Å². The van der Waals surface area contributed by atoms with Crippen LogP contribution in [0.15, 0.2) is 0 Å². The maximum Gasteiger partial charge on any atom is 0.305 e. The second-order valence-corrected chi connectivity index (χ2v) is 7.83. The van der Waals surface area contributed by atoms with Gasteiger partial charge in [0.2, 0.25) is 0 Å². The predicted molar refractivity (Wildman–Crippen MR) is 101 cm³/mol. The second-order valence-electron chi connectivity index (χ2n) is 7.83. The van der Waals surface area contributed by atoms with Gasteiger partial charge in [-0.25, -0.2) is 0 Å². The van der Waals surface area contributed by atoms with Crippen LogP contribution in [0, 0.1) is 0 Å². The zero-order valence-corrected chi connectivity index (χ0v) is 16.8. The molecule has 0 aromatic rings. The normalized spacial score (nSPS) is 28.0. The molecule has 27 heavy (non-hydrogen) atoms. The molecule has 0 spiro atoms. The number of carboxylic acid groups (broad SMARTS) is 1. The summed E-state index contributed by atoms with van der Waals surface area (Å²) in [7, 11) is 0. The van der Waals surface area contributed by atoms with E-state index in [0.29, 0.717) is 6.42 Å². The van der Waals surface area contributed by atoms with Crippen molar-refractivity contribution in [2.45, 2.75) is 121 Å². The summed E-state index contributed by atoms with van der Waals surface area (Å²) >= 11 is 0. The molecule has 4 N–H and O–H groups in total. The molecule has 1 aliphatic rings. The van der Waals surface area contributed by atoms with Crippen LogP contribution in [0.4, 0.5) is 0 Å². The van der Waals surface area contributed by atoms with Gasteiger partial charge in [0.1, 0.15) is 6.10 Å². The maximum absolute atomic E-state index is 10.4. The minimum absolute atomic E-state index is 0.00261. The number of aliphatic hydroxyl groups excluding tert-OH is 3. The Balaban J connectivity index is 1.96. The molecule has 0 saturated carbocycles. The molecule has 1 aliphatic heterocycles. The summed E-state index contributed by atoms with van der Waals surface area (Å²) in [6.07, 6.45) is 5.93. The molecule has 0 unspecified atom stereocenters. The van der Waals surface area contributed by atoms with Gasteiger partial charge in [0.25, 0.3) is 0 Å². The van der Waals surface area contributed by atoms with Gasteiger partial charge in [-0.15, -0.1) is 0 Å². The maximum atomic E-state index is 10.4. The largest absolute Gasteiger partial charge is 0.481 e. The van der Waals surface area contributed by atoms with E-state index >= 15 is 0 Å². The first-order valence-electron chi connectivity index (χ1n) is 10.4. The average Bonchev–Trinajstić information content (AvgIpc) is 2.57. The van der Waals surface area contributed by atoms with E-state index in [4.69, 9.17) is 14.6 Å². The van der Waals surface area contributed by atoms with E-state index in [2.05, 4.69) is 0 Å². The number of hydrogen-bond donors (Lipinski definition) is 4. The molecule has 1 fully saturated rings. The van der Waals surface area contributed by atoms with Crippen molar-refractivity contribution in [1.29, 1.82) is 0 Å². The van der Waals surface area contributed by atoms with Gasteiger partial charge in [-0.05, 0) is 26.7 Å². The lowest BCUT2D eigenvalue weighted by Crippen LogP contribution is -2.48. The van der Waals surface area contributed by atoms with Crippen molar-refractivity contribution in [3.63, 3.8) is 0 Å². The summed E-state index contributed by atoms with van der Waals surface area (Å²) in [4.78, 5) is 10.4. The third-order valence-corrected chi connectivity index (χ3v) is 5.11. The molecule has 0 aromatic carbocycles. The minimum atomic E-state index is -0.947. The van der Waals surface area contributed by atoms with Crippen molar-refractivity contribution in [2.75, 3.05) is 0 Å². The topological polar surface area (TPSA) is 116 Å². The monoisotopic (exact) mass is 390 g/mol. The summed E-state index contributed by atoms with van der Waals surface area (Å²) in [5, 5.41) is 37.7. The fraction of sp³-hybridized carbons (Fsp3) is 0.950. The van der Waals surface area contributed by atoms with Gasteiger partial charge in [0.05, 0.1) is 30.8 Å². The fourth-order valence-corrected chi connectivity index (χ4v) is 3.36. The highest BCUT2D eigenvalue weighted by atomic mass is 16.7. The first-order chi connectivity index (χ1) is 12.8. The van der Waals surface area contributed by atoms with Gasteiger partial charge < -0.3 is 29.9 Å². The molecule has 7 nitrogen and oxygen atoms in total. The molecule has 1 saturated heterocycles. The Morgan fingerprint density at radius 3 is 2.19 bits per heavy atom. The van der Waals surface area contributed by atoms with Gasteiger partial charge in [-0.1, -0.05) is 44.9 Å². The molecule has 0 radical (unpaired) electrons. The Morgan fingerprint density at radius 2 is 1.59 bits per heavy atom. The SMILES string of the molecule is C[C@H](CCCCCCCCC[C@@H](O)CC(=O)O)O[C@@H]1O[C@@H](C)[C@H](O)C[C@H]1O. The van der Waals surface area contributed by atoms with Crippen LogP contribution in [0.5, 0.6) is 0 Å². The summed E-state index contributed by atoms with van der Waals surface area (Å²) in [5.74, 6) is -0.947. The number of carboxylic acids is 1. The Hall–Kier alpha value is -0.730. The van der Waals surface area contributed by atoms with E-state index in [-0.39, 0.29) is 25.0 Å². The number of ether oxygens (including phenoxy) is 2. The van der Waals surface area contributed by atoms with Gasteiger partial charge in [0, 0.05) is 6.42 Å². The number of rotatable bonds is 14. The van der Waals surface area contributed by atoms with Crippen LogP contribution in [-0.4, -0.2) is 63.2 Å².